The van der Waals surface area contributed by atoms with E-state index in [2.05, 4.69) is 0 Å². The van der Waals surface area contributed by atoms with Crippen LogP contribution >= 0.6 is 0 Å². The van der Waals surface area contributed by atoms with Gasteiger partial charge in [-0.15, -0.1) is 0 Å². The highest BCUT2D eigenvalue weighted by Gasteiger charge is 2.32. The Hall–Kier alpha value is -1.29. The maximum absolute atomic E-state index is 12.1. The molecular formula is C14H22O4. The lowest BCUT2D eigenvalue weighted by Gasteiger charge is -2.27. The number of methoxy groups -OCH3 is 1. The molecule has 0 radical (unpaired) electrons. The van der Waals surface area contributed by atoms with E-state index in [4.69, 9.17) is 14.2 Å². The van der Waals surface area contributed by atoms with Crippen molar-refractivity contribution >= 4 is 5.78 Å². The molecule has 4 nitrogen and oxygen atoms in total. The van der Waals surface area contributed by atoms with Crippen molar-refractivity contribution in [2.75, 3.05) is 20.3 Å². The molecule has 0 unspecified atom stereocenters. The van der Waals surface area contributed by atoms with Crippen LogP contribution in [0.25, 0.3) is 0 Å². The summed E-state index contributed by atoms with van der Waals surface area (Å²) in [7, 11) is 1.59. The van der Waals surface area contributed by atoms with Crippen LogP contribution in [0.15, 0.2) is 23.7 Å². The van der Waals surface area contributed by atoms with Crippen LogP contribution < -0.4 is 0 Å². The van der Waals surface area contributed by atoms with Crippen molar-refractivity contribution in [1.29, 1.82) is 0 Å². The number of ketones is 1. The van der Waals surface area contributed by atoms with Gasteiger partial charge in [0.1, 0.15) is 5.60 Å². The second kappa shape index (κ2) is 6.59. The van der Waals surface area contributed by atoms with E-state index in [0.717, 1.165) is 12.8 Å². The summed E-state index contributed by atoms with van der Waals surface area (Å²) >= 11 is 0. The Bertz CT molecular complexity index is 327. The van der Waals surface area contributed by atoms with Gasteiger partial charge in [0.2, 0.25) is 0 Å². The van der Waals surface area contributed by atoms with Crippen LogP contribution in [0.3, 0.4) is 0 Å². The summed E-state index contributed by atoms with van der Waals surface area (Å²) in [5.41, 5.74) is -0.653. The van der Waals surface area contributed by atoms with Gasteiger partial charge in [0.15, 0.2) is 11.5 Å². The predicted octanol–water partition coefficient (Wildman–Crippen LogP) is 2.60. The Morgan fingerprint density at radius 1 is 1.06 bits per heavy atom. The average molecular weight is 254 g/mol. The van der Waals surface area contributed by atoms with Gasteiger partial charge >= 0.3 is 0 Å². The second-order valence-corrected chi connectivity index (χ2v) is 4.43. The molecule has 0 amide bonds. The van der Waals surface area contributed by atoms with E-state index < -0.39 is 5.60 Å². The summed E-state index contributed by atoms with van der Waals surface area (Å²) in [6.45, 7) is 6.88. The number of ether oxygens (including phenoxy) is 3. The summed E-state index contributed by atoms with van der Waals surface area (Å²) in [6, 6.07) is 0. The monoisotopic (exact) mass is 254 g/mol. The first-order valence-corrected chi connectivity index (χ1v) is 6.37. The highest BCUT2D eigenvalue weighted by molar-refractivity contribution is 6.06. The van der Waals surface area contributed by atoms with E-state index in [9.17, 15) is 4.79 Å². The summed E-state index contributed by atoms with van der Waals surface area (Å²) in [6.07, 6.45) is 5.10. The standard InChI is InChI=1S/C14H22O4/c1-5-7-17-11-9-14(3,16-4)10-12(13(11)15)18-8-6-2/h9-10H,5-8H2,1-4H3. The molecule has 4 heteroatoms. The third-order valence-corrected chi connectivity index (χ3v) is 2.65. The van der Waals surface area contributed by atoms with Crippen molar-refractivity contribution in [3.8, 4) is 0 Å². The third kappa shape index (κ3) is 3.60. The molecule has 0 heterocycles. The van der Waals surface area contributed by atoms with E-state index in [0.29, 0.717) is 24.7 Å². The first-order valence-electron chi connectivity index (χ1n) is 6.37. The first-order chi connectivity index (χ1) is 8.56. The summed E-state index contributed by atoms with van der Waals surface area (Å²) < 4.78 is 16.3. The van der Waals surface area contributed by atoms with Crippen molar-refractivity contribution < 1.29 is 19.0 Å². The van der Waals surface area contributed by atoms with Gasteiger partial charge in [-0.25, -0.2) is 0 Å². The molecule has 1 rings (SSSR count). The molecule has 0 N–H and O–H groups in total. The highest BCUT2D eigenvalue weighted by Crippen LogP contribution is 2.26. The Kier molecular flexibility index (Phi) is 5.41. The lowest BCUT2D eigenvalue weighted by molar-refractivity contribution is -0.119. The Labute approximate surface area is 109 Å². The van der Waals surface area contributed by atoms with Crippen LogP contribution in [0.5, 0.6) is 0 Å². The molecule has 0 aliphatic heterocycles. The molecule has 0 bridgehead atoms. The fraction of sp³-hybridized carbons (Fsp3) is 0.643. The average Bonchev–Trinajstić information content (AvgIpc) is 2.38. The van der Waals surface area contributed by atoms with Crippen LogP contribution in [0.2, 0.25) is 0 Å². The SMILES string of the molecule is CCCOC1=CC(C)(OC)C=C(OCCC)C1=O. The fourth-order valence-electron chi connectivity index (χ4n) is 1.57. The molecule has 1 aliphatic carbocycles. The zero-order valence-corrected chi connectivity index (χ0v) is 11.6. The number of rotatable bonds is 7. The highest BCUT2D eigenvalue weighted by atomic mass is 16.5. The zero-order valence-electron chi connectivity index (χ0n) is 11.6. The topological polar surface area (TPSA) is 44.8 Å². The second-order valence-electron chi connectivity index (χ2n) is 4.43. The summed E-state index contributed by atoms with van der Waals surface area (Å²) in [5, 5.41) is 0. The minimum atomic E-state index is -0.653. The smallest absolute Gasteiger partial charge is 0.261 e. The van der Waals surface area contributed by atoms with Gasteiger partial charge in [-0.05, 0) is 31.9 Å². The van der Waals surface area contributed by atoms with Crippen LogP contribution in [0, 0.1) is 0 Å². The lowest BCUT2D eigenvalue weighted by atomic mass is 9.97. The van der Waals surface area contributed by atoms with Gasteiger partial charge in [-0.3, -0.25) is 4.79 Å². The van der Waals surface area contributed by atoms with E-state index in [1.54, 1.807) is 19.3 Å². The minimum absolute atomic E-state index is 0.202. The van der Waals surface area contributed by atoms with Crippen molar-refractivity contribution in [3.05, 3.63) is 23.7 Å². The maximum Gasteiger partial charge on any atom is 0.261 e. The lowest BCUT2D eigenvalue weighted by Crippen LogP contribution is -2.30. The van der Waals surface area contributed by atoms with Crippen molar-refractivity contribution in [3.63, 3.8) is 0 Å². The van der Waals surface area contributed by atoms with E-state index >= 15 is 0 Å². The Morgan fingerprint density at radius 3 is 1.83 bits per heavy atom. The van der Waals surface area contributed by atoms with Gasteiger partial charge in [-0.2, -0.15) is 0 Å². The quantitative estimate of drug-likeness (QED) is 0.700. The minimum Gasteiger partial charge on any atom is -0.490 e. The number of Topliss-reactive ketones (excluding diaryl/α,β-unsaturated/α-hetero) is 1. The molecule has 0 saturated carbocycles. The largest absolute Gasteiger partial charge is 0.490 e. The molecule has 0 fully saturated rings. The molecule has 0 aromatic rings. The number of hydrogen-bond donors (Lipinski definition) is 0. The molecule has 0 aromatic carbocycles. The third-order valence-electron chi connectivity index (χ3n) is 2.65. The van der Waals surface area contributed by atoms with E-state index in [1.807, 2.05) is 20.8 Å². The van der Waals surface area contributed by atoms with Crippen LogP contribution in [-0.4, -0.2) is 31.7 Å². The molecule has 1 aliphatic rings. The van der Waals surface area contributed by atoms with E-state index in [1.165, 1.54) is 0 Å². The van der Waals surface area contributed by atoms with Gasteiger partial charge in [0.25, 0.3) is 5.78 Å². The maximum atomic E-state index is 12.1. The predicted molar refractivity (Wildman–Crippen MR) is 69.1 cm³/mol. The zero-order chi connectivity index (χ0) is 13.6. The number of hydrogen-bond acceptors (Lipinski definition) is 4. The Balaban J connectivity index is 2.89. The van der Waals surface area contributed by atoms with Crippen LogP contribution in [0.1, 0.15) is 33.6 Å². The first kappa shape index (κ1) is 14.8. The molecule has 18 heavy (non-hydrogen) atoms. The number of carbonyl (C=O) groups excluding carboxylic acids is 1. The fourth-order valence-corrected chi connectivity index (χ4v) is 1.57. The number of carbonyl (C=O) groups is 1. The summed E-state index contributed by atoms with van der Waals surface area (Å²) in [5.74, 6) is 0.427. The molecule has 0 saturated heterocycles. The molecule has 0 atom stereocenters. The van der Waals surface area contributed by atoms with Crippen LogP contribution in [-0.2, 0) is 19.0 Å². The van der Waals surface area contributed by atoms with Gasteiger partial charge in [0, 0.05) is 7.11 Å². The van der Waals surface area contributed by atoms with Gasteiger partial charge in [0.05, 0.1) is 13.2 Å². The molecule has 0 spiro atoms. The van der Waals surface area contributed by atoms with Crippen LogP contribution in [0.4, 0.5) is 0 Å². The van der Waals surface area contributed by atoms with Crippen molar-refractivity contribution in [1.82, 2.24) is 0 Å². The molecule has 0 aromatic heterocycles. The molecular weight excluding hydrogens is 232 g/mol. The summed E-state index contributed by atoms with van der Waals surface area (Å²) in [4.78, 5) is 12.1. The normalized spacial score (nSPS) is 18.1. The van der Waals surface area contributed by atoms with E-state index in [-0.39, 0.29) is 5.78 Å². The Morgan fingerprint density at radius 2 is 1.50 bits per heavy atom. The van der Waals surface area contributed by atoms with Crippen molar-refractivity contribution in [2.24, 2.45) is 0 Å². The van der Waals surface area contributed by atoms with Gasteiger partial charge < -0.3 is 14.2 Å². The van der Waals surface area contributed by atoms with Gasteiger partial charge in [-0.1, -0.05) is 13.8 Å². The van der Waals surface area contributed by atoms with Crippen molar-refractivity contribution in [2.45, 2.75) is 39.2 Å². The molecule has 102 valence electrons.